The lowest BCUT2D eigenvalue weighted by Crippen LogP contribution is -2.44. The van der Waals surface area contributed by atoms with Gasteiger partial charge in [0.25, 0.3) is 0 Å². The van der Waals surface area contributed by atoms with Crippen LogP contribution in [0.2, 0.25) is 5.02 Å². The van der Waals surface area contributed by atoms with E-state index in [2.05, 4.69) is 29.5 Å². The van der Waals surface area contributed by atoms with Crippen molar-refractivity contribution in [1.82, 2.24) is 10.3 Å². The Labute approximate surface area is 165 Å². The minimum Gasteiger partial charge on any atom is -0.472 e. The summed E-state index contributed by atoms with van der Waals surface area (Å²) in [7, 11) is 0. The molecule has 25 heavy (non-hydrogen) atoms. The number of hydrogen-bond acceptors (Lipinski definition) is 4. The maximum absolute atomic E-state index is 6.03. The molecule has 0 aliphatic rings. The minimum absolute atomic E-state index is 0. The van der Waals surface area contributed by atoms with E-state index >= 15 is 0 Å². The van der Waals surface area contributed by atoms with E-state index in [9.17, 15) is 0 Å². The fourth-order valence-corrected chi connectivity index (χ4v) is 2.56. The molecule has 0 aliphatic heterocycles. The Morgan fingerprint density at radius 1 is 1.16 bits per heavy atom. The highest BCUT2D eigenvalue weighted by Crippen LogP contribution is 2.24. The molecule has 0 fully saturated rings. The Hall–Kier alpha value is -1.46. The van der Waals surface area contributed by atoms with E-state index in [1.54, 1.807) is 18.7 Å². The van der Waals surface area contributed by atoms with Gasteiger partial charge in [-0.05, 0) is 44.2 Å². The third kappa shape index (κ3) is 5.79. The molecule has 0 atom stereocenters. The number of rotatable bonds is 6. The van der Waals surface area contributed by atoms with Crippen LogP contribution in [0.5, 0.6) is 0 Å². The monoisotopic (exact) mass is 401 g/mol. The van der Waals surface area contributed by atoms with Crippen LogP contribution in [-0.4, -0.2) is 17.1 Å². The molecule has 0 aliphatic carbocycles. The predicted molar refractivity (Wildman–Crippen MR) is 109 cm³/mol. The zero-order chi connectivity index (χ0) is 16.3. The van der Waals surface area contributed by atoms with Crippen molar-refractivity contribution in [3.05, 3.63) is 59.6 Å². The third-order valence-corrected chi connectivity index (χ3v) is 4.01. The van der Waals surface area contributed by atoms with Crippen molar-refractivity contribution in [2.24, 2.45) is 0 Å². The number of pyridine rings is 1. The summed E-state index contributed by atoms with van der Waals surface area (Å²) in [6, 6.07) is 9.72. The molecule has 0 amide bonds. The van der Waals surface area contributed by atoms with E-state index in [-0.39, 0.29) is 30.4 Å². The molecule has 2 N–H and O–H groups in total. The Balaban J connectivity index is 0.00000156. The highest BCUT2D eigenvalue weighted by molar-refractivity contribution is 6.31. The van der Waals surface area contributed by atoms with Crippen LogP contribution in [-0.2, 0) is 6.54 Å². The van der Waals surface area contributed by atoms with Gasteiger partial charge in [0.15, 0.2) is 0 Å². The molecule has 0 saturated carbocycles. The fourth-order valence-electron chi connectivity index (χ4n) is 2.39. The summed E-state index contributed by atoms with van der Waals surface area (Å²) in [5, 5.41) is 8.81. The molecule has 7 heteroatoms. The van der Waals surface area contributed by atoms with Crippen molar-refractivity contribution in [2.75, 3.05) is 11.9 Å². The molecule has 1 aromatic carbocycles. The minimum atomic E-state index is -0.0702. The maximum atomic E-state index is 6.03. The van der Waals surface area contributed by atoms with Gasteiger partial charge in [-0.3, -0.25) is 4.98 Å². The molecule has 136 valence electrons. The zero-order valence-corrected chi connectivity index (χ0v) is 16.5. The molecule has 0 spiro atoms. The van der Waals surface area contributed by atoms with Gasteiger partial charge in [-0.15, -0.1) is 24.8 Å². The number of anilines is 1. The average Bonchev–Trinajstić information content (AvgIpc) is 3.04. The molecular weight excluding hydrogens is 381 g/mol. The van der Waals surface area contributed by atoms with Crippen molar-refractivity contribution in [3.8, 4) is 0 Å². The Morgan fingerprint density at radius 2 is 1.96 bits per heavy atom. The lowest BCUT2D eigenvalue weighted by Gasteiger charge is -2.27. The number of hydrogen-bond donors (Lipinski definition) is 2. The molecule has 2 heterocycles. The molecule has 4 nitrogen and oxygen atoms in total. The lowest BCUT2D eigenvalue weighted by molar-refractivity contribution is 0.406. The number of fused-ring (bicyclic) bond motifs is 1. The van der Waals surface area contributed by atoms with Gasteiger partial charge in [0, 0.05) is 46.5 Å². The number of nitrogens with zero attached hydrogens (tertiary/aromatic N) is 1. The van der Waals surface area contributed by atoms with Crippen molar-refractivity contribution < 1.29 is 4.42 Å². The molecule has 2 aromatic heterocycles. The standard InChI is InChI=1S/C18H20ClN3O.2ClH/c1-18(2,22-10-13-6-8-23-11-13)12-21-16-5-7-20-17-9-14(19)3-4-15(16)17;;/h3-9,11,22H,10,12H2,1-2H3,(H,20,21);2*1H. The van der Waals surface area contributed by atoms with Gasteiger partial charge in [0.05, 0.1) is 18.0 Å². The number of benzene rings is 1. The predicted octanol–water partition coefficient (Wildman–Crippen LogP) is 5.31. The van der Waals surface area contributed by atoms with Gasteiger partial charge in [-0.1, -0.05) is 11.6 Å². The van der Waals surface area contributed by atoms with Gasteiger partial charge in [0.1, 0.15) is 0 Å². The van der Waals surface area contributed by atoms with E-state index in [0.717, 1.165) is 35.2 Å². The van der Waals surface area contributed by atoms with Crippen LogP contribution in [0.25, 0.3) is 10.9 Å². The zero-order valence-electron chi connectivity index (χ0n) is 14.1. The highest BCUT2D eigenvalue weighted by Gasteiger charge is 2.17. The van der Waals surface area contributed by atoms with Crippen molar-refractivity contribution >= 4 is 53.0 Å². The van der Waals surface area contributed by atoms with Gasteiger partial charge < -0.3 is 15.1 Å². The normalized spacial score (nSPS) is 10.8. The van der Waals surface area contributed by atoms with Crippen LogP contribution in [0.3, 0.4) is 0 Å². The van der Waals surface area contributed by atoms with E-state index in [1.165, 1.54) is 0 Å². The second kappa shape index (κ2) is 9.30. The second-order valence-corrected chi connectivity index (χ2v) is 6.68. The molecular formula is C18H22Cl3N3O. The Kier molecular flexibility index (Phi) is 8.03. The SMILES string of the molecule is CC(C)(CNc1ccnc2cc(Cl)ccc12)NCc1ccoc1.Cl.Cl. The lowest BCUT2D eigenvalue weighted by atomic mass is 10.0. The van der Waals surface area contributed by atoms with Gasteiger partial charge >= 0.3 is 0 Å². The van der Waals surface area contributed by atoms with Crippen LogP contribution in [0.1, 0.15) is 19.4 Å². The summed E-state index contributed by atoms with van der Waals surface area (Å²) in [5.74, 6) is 0. The van der Waals surface area contributed by atoms with Gasteiger partial charge in [-0.2, -0.15) is 0 Å². The van der Waals surface area contributed by atoms with E-state index in [4.69, 9.17) is 16.0 Å². The number of nitrogens with one attached hydrogen (secondary N) is 2. The van der Waals surface area contributed by atoms with E-state index in [1.807, 2.05) is 30.3 Å². The number of furan rings is 1. The smallest absolute Gasteiger partial charge is 0.0947 e. The Morgan fingerprint density at radius 3 is 2.68 bits per heavy atom. The maximum Gasteiger partial charge on any atom is 0.0947 e. The second-order valence-electron chi connectivity index (χ2n) is 6.24. The summed E-state index contributed by atoms with van der Waals surface area (Å²) in [6.45, 7) is 5.89. The van der Waals surface area contributed by atoms with Crippen LogP contribution >= 0.6 is 36.4 Å². The summed E-state index contributed by atoms with van der Waals surface area (Å²) < 4.78 is 5.09. The first-order valence-corrected chi connectivity index (χ1v) is 7.96. The number of aromatic nitrogens is 1. The van der Waals surface area contributed by atoms with Crippen molar-refractivity contribution in [3.63, 3.8) is 0 Å². The summed E-state index contributed by atoms with van der Waals surface area (Å²) >= 11 is 6.03. The largest absolute Gasteiger partial charge is 0.472 e. The van der Waals surface area contributed by atoms with E-state index < -0.39 is 0 Å². The summed E-state index contributed by atoms with van der Waals surface area (Å²) in [5.41, 5.74) is 3.03. The fraction of sp³-hybridized carbons (Fsp3) is 0.278. The van der Waals surface area contributed by atoms with Crippen LogP contribution < -0.4 is 10.6 Å². The van der Waals surface area contributed by atoms with Gasteiger partial charge in [0.2, 0.25) is 0 Å². The molecule has 0 bridgehead atoms. The summed E-state index contributed by atoms with van der Waals surface area (Å²) in [6.07, 6.45) is 5.25. The topological polar surface area (TPSA) is 50.1 Å². The molecule has 0 radical (unpaired) electrons. The molecule has 3 aromatic rings. The Bertz CT molecular complexity index is 791. The first kappa shape index (κ1) is 21.6. The molecule has 0 saturated heterocycles. The van der Waals surface area contributed by atoms with Crippen LogP contribution in [0, 0.1) is 0 Å². The quantitative estimate of drug-likeness (QED) is 0.587. The van der Waals surface area contributed by atoms with E-state index in [0.29, 0.717) is 5.02 Å². The first-order chi connectivity index (χ1) is 11.0. The number of halogens is 3. The molecule has 3 rings (SSSR count). The van der Waals surface area contributed by atoms with Crippen LogP contribution in [0.4, 0.5) is 5.69 Å². The summed E-state index contributed by atoms with van der Waals surface area (Å²) in [4.78, 5) is 4.37. The highest BCUT2D eigenvalue weighted by atomic mass is 35.5. The van der Waals surface area contributed by atoms with Crippen molar-refractivity contribution in [2.45, 2.75) is 25.9 Å². The van der Waals surface area contributed by atoms with Crippen molar-refractivity contribution in [1.29, 1.82) is 0 Å². The third-order valence-electron chi connectivity index (χ3n) is 3.78. The first-order valence-electron chi connectivity index (χ1n) is 7.58. The van der Waals surface area contributed by atoms with Gasteiger partial charge in [-0.25, -0.2) is 0 Å². The molecule has 0 unspecified atom stereocenters. The van der Waals surface area contributed by atoms with Crippen LogP contribution in [0.15, 0.2) is 53.5 Å². The average molecular weight is 403 g/mol.